The van der Waals surface area contributed by atoms with Gasteiger partial charge in [0.15, 0.2) is 6.29 Å². The van der Waals surface area contributed by atoms with Gasteiger partial charge in [-0.05, 0) is 50.9 Å². The van der Waals surface area contributed by atoms with E-state index in [4.69, 9.17) is 14.2 Å². The van der Waals surface area contributed by atoms with Gasteiger partial charge in [0.25, 0.3) is 0 Å². The zero-order chi connectivity index (χ0) is 17.6. The Hall–Kier alpha value is -1.31. The molecule has 2 aliphatic heterocycles. The topological polar surface area (TPSA) is 44.8 Å². The number of fused-ring (bicyclic) bond motifs is 1. The van der Waals surface area contributed by atoms with Gasteiger partial charge >= 0.3 is 5.97 Å². The van der Waals surface area contributed by atoms with Crippen LogP contribution < -0.4 is 0 Å². The first-order valence-corrected chi connectivity index (χ1v) is 9.72. The van der Waals surface area contributed by atoms with Crippen LogP contribution in [0.4, 0.5) is 0 Å². The van der Waals surface area contributed by atoms with Crippen LogP contribution in [-0.2, 0) is 19.0 Å². The van der Waals surface area contributed by atoms with E-state index in [0.717, 1.165) is 45.1 Å². The van der Waals surface area contributed by atoms with Gasteiger partial charge in [0.1, 0.15) is 6.10 Å². The van der Waals surface area contributed by atoms with E-state index in [9.17, 15) is 4.79 Å². The van der Waals surface area contributed by atoms with E-state index in [1.54, 1.807) is 0 Å². The third kappa shape index (κ3) is 4.86. The average molecular weight is 346 g/mol. The van der Waals surface area contributed by atoms with E-state index in [1.165, 1.54) is 0 Å². The molecule has 0 amide bonds. The number of hydrogen-bond donors (Lipinski definition) is 0. The third-order valence-electron chi connectivity index (χ3n) is 5.65. The highest BCUT2D eigenvalue weighted by Gasteiger charge is 2.43. The maximum Gasteiger partial charge on any atom is 0.306 e. The Labute approximate surface area is 151 Å². The van der Waals surface area contributed by atoms with Gasteiger partial charge in [-0.3, -0.25) is 4.79 Å². The molecule has 25 heavy (non-hydrogen) atoms. The molecule has 2 heterocycles. The first-order valence-electron chi connectivity index (χ1n) is 9.72. The van der Waals surface area contributed by atoms with E-state index in [2.05, 4.69) is 30.9 Å². The van der Waals surface area contributed by atoms with Crippen LogP contribution in [0.5, 0.6) is 0 Å². The highest BCUT2D eigenvalue weighted by Crippen LogP contribution is 2.42. The Kier molecular flexibility index (Phi) is 6.56. The van der Waals surface area contributed by atoms with Crippen molar-refractivity contribution in [3.63, 3.8) is 0 Å². The molecule has 3 fully saturated rings. The summed E-state index contributed by atoms with van der Waals surface area (Å²) in [6.07, 6.45) is 11.2. The van der Waals surface area contributed by atoms with E-state index >= 15 is 0 Å². The number of carbonyl (C=O) groups excluding carboxylic acids is 1. The maximum atomic E-state index is 11.5. The molecule has 0 bridgehead atoms. The van der Waals surface area contributed by atoms with Crippen molar-refractivity contribution in [3.8, 4) is 11.8 Å². The molecule has 0 N–H and O–H groups in total. The lowest BCUT2D eigenvalue weighted by Gasteiger charge is -2.29. The van der Waals surface area contributed by atoms with Gasteiger partial charge in [-0.1, -0.05) is 19.1 Å². The molecule has 0 aromatic heterocycles. The van der Waals surface area contributed by atoms with Crippen molar-refractivity contribution in [3.05, 3.63) is 12.2 Å². The Morgan fingerprint density at radius 3 is 2.96 bits per heavy atom. The Morgan fingerprint density at radius 1 is 1.32 bits per heavy atom. The van der Waals surface area contributed by atoms with Crippen LogP contribution in [0.25, 0.3) is 0 Å². The fraction of sp³-hybridized carbons (Fsp3) is 0.762. The van der Waals surface area contributed by atoms with Crippen molar-refractivity contribution in [2.24, 2.45) is 17.8 Å². The molecule has 4 nitrogen and oxygen atoms in total. The summed E-state index contributed by atoms with van der Waals surface area (Å²) in [7, 11) is 0. The van der Waals surface area contributed by atoms with E-state index in [0.29, 0.717) is 24.2 Å². The minimum atomic E-state index is -0.104. The summed E-state index contributed by atoms with van der Waals surface area (Å²) in [6, 6.07) is 0. The Balaban J connectivity index is 1.63. The molecule has 3 aliphatic rings. The molecular weight excluding hydrogens is 316 g/mol. The molecule has 6 atom stereocenters. The van der Waals surface area contributed by atoms with Gasteiger partial charge < -0.3 is 14.2 Å². The van der Waals surface area contributed by atoms with Crippen molar-refractivity contribution >= 4 is 5.97 Å². The number of allylic oxidation sites excluding steroid dienone is 1. The van der Waals surface area contributed by atoms with Crippen molar-refractivity contribution in [1.29, 1.82) is 0 Å². The molecule has 0 radical (unpaired) electrons. The summed E-state index contributed by atoms with van der Waals surface area (Å²) in [5, 5.41) is 0. The van der Waals surface area contributed by atoms with Crippen LogP contribution in [-0.4, -0.2) is 31.1 Å². The first kappa shape index (κ1) is 18.5. The third-order valence-corrected chi connectivity index (χ3v) is 5.65. The van der Waals surface area contributed by atoms with Gasteiger partial charge in [0.2, 0.25) is 0 Å². The number of carbonyl (C=O) groups is 1. The lowest BCUT2D eigenvalue weighted by molar-refractivity contribution is -0.186. The zero-order valence-corrected chi connectivity index (χ0v) is 15.4. The van der Waals surface area contributed by atoms with Crippen LogP contribution in [0.3, 0.4) is 0 Å². The maximum absolute atomic E-state index is 11.5. The van der Waals surface area contributed by atoms with Crippen LogP contribution >= 0.6 is 0 Å². The smallest absolute Gasteiger partial charge is 0.306 e. The van der Waals surface area contributed by atoms with Gasteiger partial charge in [-0.2, -0.15) is 0 Å². The Bertz CT molecular complexity index is 538. The summed E-state index contributed by atoms with van der Waals surface area (Å²) in [5.41, 5.74) is 0. The van der Waals surface area contributed by atoms with E-state index in [1.807, 2.05) is 6.92 Å². The second-order valence-electron chi connectivity index (χ2n) is 7.53. The van der Waals surface area contributed by atoms with Crippen molar-refractivity contribution in [2.75, 3.05) is 6.61 Å². The molecule has 0 aromatic carbocycles. The quantitative estimate of drug-likeness (QED) is 0.416. The van der Waals surface area contributed by atoms with Crippen LogP contribution in [0.15, 0.2) is 12.2 Å². The number of rotatable bonds is 6. The van der Waals surface area contributed by atoms with Gasteiger partial charge in [-0.15, -0.1) is 11.8 Å². The standard InChI is InChI=1S/C21H30O4/c1-3-4-7-15(2)18(25-21-8-5-6-13-23-21)11-9-16-10-12-19-17(16)14-20(22)24-19/h9,11,15-19,21H,5-8,10,12-14H2,1-2H3/b11-9+/t15?,16-,17+,18+,19-,21?/m0/s1. The SMILES string of the molecule is CC#CCC(C)[C@@H](/C=C/[C@H]1CC[C@@H]2OC(=O)C[C@@H]21)OC1CCCCO1. The summed E-state index contributed by atoms with van der Waals surface area (Å²) < 4.78 is 17.4. The number of esters is 1. The first-order chi connectivity index (χ1) is 12.2. The summed E-state index contributed by atoms with van der Waals surface area (Å²) in [6.45, 7) is 4.84. The molecule has 0 spiro atoms. The van der Waals surface area contributed by atoms with E-state index < -0.39 is 0 Å². The fourth-order valence-electron chi connectivity index (χ4n) is 4.13. The second-order valence-corrected chi connectivity index (χ2v) is 7.53. The van der Waals surface area contributed by atoms with Gasteiger partial charge in [0.05, 0.1) is 12.5 Å². The lowest BCUT2D eigenvalue weighted by Crippen LogP contribution is -2.30. The Morgan fingerprint density at radius 2 is 2.20 bits per heavy atom. The number of hydrogen-bond acceptors (Lipinski definition) is 4. The molecule has 138 valence electrons. The molecule has 2 saturated heterocycles. The molecule has 2 unspecified atom stereocenters. The lowest BCUT2D eigenvalue weighted by atomic mass is 9.91. The summed E-state index contributed by atoms with van der Waals surface area (Å²) in [4.78, 5) is 11.5. The summed E-state index contributed by atoms with van der Waals surface area (Å²) in [5.74, 6) is 7.18. The summed E-state index contributed by atoms with van der Waals surface area (Å²) >= 11 is 0. The second kappa shape index (κ2) is 8.87. The minimum Gasteiger partial charge on any atom is -0.462 e. The predicted molar refractivity (Wildman–Crippen MR) is 95.5 cm³/mol. The van der Waals surface area contributed by atoms with Crippen LogP contribution in [0.1, 0.15) is 58.8 Å². The highest BCUT2D eigenvalue weighted by atomic mass is 16.7. The zero-order valence-electron chi connectivity index (χ0n) is 15.4. The highest BCUT2D eigenvalue weighted by molar-refractivity contribution is 5.72. The van der Waals surface area contributed by atoms with E-state index in [-0.39, 0.29) is 24.5 Å². The molecule has 4 heteroatoms. The minimum absolute atomic E-state index is 0.000947. The largest absolute Gasteiger partial charge is 0.462 e. The van der Waals surface area contributed by atoms with Crippen molar-refractivity contribution in [2.45, 2.75) is 77.3 Å². The predicted octanol–water partition coefficient (Wildman–Crippen LogP) is 3.85. The van der Waals surface area contributed by atoms with Crippen LogP contribution in [0, 0.1) is 29.6 Å². The van der Waals surface area contributed by atoms with Crippen molar-refractivity contribution in [1.82, 2.24) is 0 Å². The fourth-order valence-corrected chi connectivity index (χ4v) is 4.13. The van der Waals surface area contributed by atoms with Crippen molar-refractivity contribution < 1.29 is 19.0 Å². The molecule has 3 rings (SSSR count). The molecule has 1 saturated carbocycles. The monoisotopic (exact) mass is 346 g/mol. The molecular formula is C21H30O4. The molecule has 1 aliphatic carbocycles. The number of ether oxygens (including phenoxy) is 3. The molecule has 0 aromatic rings. The normalized spacial score (nSPS) is 34.2. The van der Waals surface area contributed by atoms with Crippen LogP contribution in [0.2, 0.25) is 0 Å². The average Bonchev–Trinajstić information content (AvgIpc) is 3.16. The van der Waals surface area contributed by atoms with Gasteiger partial charge in [-0.25, -0.2) is 0 Å². The van der Waals surface area contributed by atoms with Gasteiger partial charge in [0, 0.05) is 18.9 Å².